The third kappa shape index (κ3) is 5.11. The molecule has 0 spiro atoms. The van der Waals surface area contributed by atoms with Crippen LogP contribution in [0.3, 0.4) is 0 Å². The van der Waals surface area contributed by atoms with E-state index >= 15 is 0 Å². The first kappa shape index (κ1) is 22.4. The second kappa shape index (κ2) is 10.0. The molecule has 0 aliphatic carbocycles. The van der Waals surface area contributed by atoms with Gasteiger partial charge in [0.25, 0.3) is 0 Å². The van der Waals surface area contributed by atoms with Crippen molar-refractivity contribution in [3.05, 3.63) is 58.7 Å². The van der Waals surface area contributed by atoms with Crippen LogP contribution in [-0.2, 0) is 9.59 Å². The first-order chi connectivity index (χ1) is 14.3. The molecule has 0 aliphatic heterocycles. The number of aliphatic carboxylic acids is 2. The molecular formula is C22H22O8. The summed E-state index contributed by atoms with van der Waals surface area (Å²) in [6.07, 6.45) is 2.51. The average Bonchev–Trinajstić information content (AvgIpc) is 2.75. The van der Waals surface area contributed by atoms with Crippen LogP contribution in [0.15, 0.2) is 47.5 Å². The van der Waals surface area contributed by atoms with Gasteiger partial charge in [-0.3, -0.25) is 0 Å². The Morgan fingerprint density at radius 1 is 0.633 bits per heavy atom. The molecule has 2 aromatic rings. The summed E-state index contributed by atoms with van der Waals surface area (Å²) in [5.74, 6) is -1.08. The van der Waals surface area contributed by atoms with E-state index in [-0.39, 0.29) is 0 Å². The van der Waals surface area contributed by atoms with Gasteiger partial charge in [0.05, 0.1) is 39.6 Å². The summed E-state index contributed by atoms with van der Waals surface area (Å²) >= 11 is 0. The summed E-state index contributed by atoms with van der Waals surface area (Å²) in [4.78, 5) is 23.7. The SMILES string of the molecule is COc1ccc(/C=C(C(=O)O)\C(=C/c2ccc(OC)c(OC)c2)C(=O)O)cc1OC. The topological polar surface area (TPSA) is 112 Å². The molecule has 0 radical (unpaired) electrons. The molecular weight excluding hydrogens is 392 g/mol. The summed E-state index contributed by atoms with van der Waals surface area (Å²) in [6, 6.07) is 9.50. The minimum absolute atomic E-state index is 0.386. The van der Waals surface area contributed by atoms with E-state index in [0.717, 1.165) is 0 Å². The third-order valence-electron chi connectivity index (χ3n) is 4.19. The number of ether oxygens (including phenoxy) is 4. The summed E-state index contributed by atoms with van der Waals surface area (Å²) in [5.41, 5.74) is 0.0723. The molecule has 158 valence electrons. The van der Waals surface area contributed by atoms with E-state index in [1.54, 1.807) is 36.4 Å². The van der Waals surface area contributed by atoms with Crippen LogP contribution in [0.25, 0.3) is 12.2 Å². The molecule has 0 bridgehead atoms. The minimum atomic E-state index is -1.39. The lowest BCUT2D eigenvalue weighted by atomic mass is 10.00. The largest absolute Gasteiger partial charge is 0.493 e. The first-order valence-electron chi connectivity index (χ1n) is 8.69. The van der Waals surface area contributed by atoms with Crippen LogP contribution in [0.1, 0.15) is 11.1 Å². The number of carboxylic acids is 2. The Morgan fingerprint density at radius 3 is 1.23 bits per heavy atom. The maximum Gasteiger partial charge on any atom is 0.336 e. The van der Waals surface area contributed by atoms with E-state index in [1.807, 2.05) is 0 Å². The Labute approximate surface area is 173 Å². The molecule has 0 saturated carbocycles. The van der Waals surface area contributed by atoms with Crippen LogP contribution in [0.5, 0.6) is 23.0 Å². The smallest absolute Gasteiger partial charge is 0.336 e. The number of rotatable bonds is 9. The molecule has 30 heavy (non-hydrogen) atoms. The number of methoxy groups -OCH3 is 4. The van der Waals surface area contributed by atoms with Crippen LogP contribution < -0.4 is 18.9 Å². The Kier molecular flexibility index (Phi) is 7.46. The quantitative estimate of drug-likeness (QED) is 0.475. The minimum Gasteiger partial charge on any atom is -0.493 e. The fourth-order valence-corrected chi connectivity index (χ4v) is 2.73. The van der Waals surface area contributed by atoms with E-state index in [9.17, 15) is 19.8 Å². The Hall–Kier alpha value is -3.94. The molecule has 0 amide bonds. The maximum absolute atomic E-state index is 11.9. The lowest BCUT2D eigenvalue weighted by Gasteiger charge is -2.10. The highest BCUT2D eigenvalue weighted by Gasteiger charge is 2.21. The summed E-state index contributed by atoms with van der Waals surface area (Å²) < 4.78 is 20.7. The molecule has 2 rings (SSSR count). The van der Waals surface area contributed by atoms with Gasteiger partial charge in [-0.2, -0.15) is 0 Å². The highest BCUT2D eigenvalue weighted by molar-refractivity contribution is 6.11. The predicted molar refractivity (Wildman–Crippen MR) is 110 cm³/mol. The van der Waals surface area contributed by atoms with Gasteiger partial charge in [-0.05, 0) is 47.5 Å². The van der Waals surface area contributed by atoms with Crippen molar-refractivity contribution >= 4 is 24.1 Å². The van der Waals surface area contributed by atoms with Gasteiger partial charge < -0.3 is 29.2 Å². The summed E-state index contributed by atoms with van der Waals surface area (Å²) in [5, 5.41) is 19.3. The molecule has 0 fully saturated rings. The van der Waals surface area contributed by atoms with Crippen molar-refractivity contribution in [1.29, 1.82) is 0 Å². The van der Waals surface area contributed by atoms with Crippen LogP contribution in [0.2, 0.25) is 0 Å². The second-order valence-electron chi connectivity index (χ2n) is 5.96. The van der Waals surface area contributed by atoms with Gasteiger partial charge in [0.15, 0.2) is 23.0 Å². The lowest BCUT2D eigenvalue weighted by Crippen LogP contribution is -2.11. The zero-order chi connectivity index (χ0) is 22.3. The molecule has 0 atom stereocenters. The zero-order valence-corrected chi connectivity index (χ0v) is 17.0. The van der Waals surface area contributed by atoms with E-state index in [4.69, 9.17) is 18.9 Å². The molecule has 2 N–H and O–H groups in total. The summed E-state index contributed by atoms with van der Waals surface area (Å²) in [7, 11) is 5.85. The van der Waals surface area contributed by atoms with Crippen molar-refractivity contribution in [2.75, 3.05) is 28.4 Å². The van der Waals surface area contributed by atoms with Gasteiger partial charge in [0.2, 0.25) is 0 Å². The van der Waals surface area contributed by atoms with Crippen molar-refractivity contribution in [1.82, 2.24) is 0 Å². The van der Waals surface area contributed by atoms with Crippen LogP contribution >= 0.6 is 0 Å². The van der Waals surface area contributed by atoms with Crippen molar-refractivity contribution in [3.8, 4) is 23.0 Å². The normalized spacial score (nSPS) is 11.6. The highest BCUT2D eigenvalue weighted by atomic mass is 16.5. The van der Waals surface area contributed by atoms with Crippen molar-refractivity contribution in [2.24, 2.45) is 0 Å². The fraction of sp³-hybridized carbons (Fsp3) is 0.182. The molecule has 0 heterocycles. The highest BCUT2D eigenvalue weighted by Crippen LogP contribution is 2.31. The average molecular weight is 414 g/mol. The molecule has 2 aromatic carbocycles. The van der Waals surface area contributed by atoms with Gasteiger partial charge in [0, 0.05) is 0 Å². The molecule has 0 unspecified atom stereocenters. The molecule has 0 saturated heterocycles. The van der Waals surface area contributed by atoms with E-state index in [0.29, 0.717) is 34.1 Å². The Balaban J connectivity index is 2.59. The van der Waals surface area contributed by atoms with Gasteiger partial charge in [-0.25, -0.2) is 9.59 Å². The van der Waals surface area contributed by atoms with Gasteiger partial charge in [0.1, 0.15) is 0 Å². The van der Waals surface area contributed by atoms with E-state index < -0.39 is 23.1 Å². The van der Waals surface area contributed by atoms with Gasteiger partial charge in [-0.15, -0.1) is 0 Å². The predicted octanol–water partition coefficient (Wildman–Crippen LogP) is 3.36. The fourth-order valence-electron chi connectivity index (χ4n) is 2.73. The van der Waals surface area contributed by atoms with Gasteiger partial charge in [-0.1, -0.05) is 12.1 Å². The van der Waals surface area contributed by atoms with Crippen molar-refractivity contribution < 1.29 is 38.7 Å². The Morgan fingerprint density at radius 2 is 0.967 bits per heavy atom. The van der Waals surface area contributed by atoms with Crippen LogP contribution in [0.4, 0.5) is 0 Å². The number of carbonyl (C=O) groups is 2. The van der Waals surface area contributed by atoms with E-state index in [1.165, 1.54) is 40.6 Å². The maximum atomic E-state index is 11.9. The standard InChI is InChI=1S/C22H22O8/c1-27-17-7-5-13(11-19(17)29-3)9-15(21(23)24)16(22(25)26)10-14-6-8-18(28-2)20(12-14)30-4/h5-12H,1-4H3,(H,23,24)(H,25,26)/b15-9+,16-10+. The van der Waals surface area contributed by atoms with Crippen LogP contribution in [-0.4, -0.2) is 50.6 Å². The molecule has 0 aliphatic rings. The monoisotopic (exact) mass is 414 g/mol. The zero-order valence-electron chi connectivity index (χ0n) is 17.0. The number of benzene rings is 2. The molecule has 8 nitrogen and oxygen atoms in total. The summed E-state index contributed by atoms with van der Waals surface area (Å²) in [6.45, 7) is 0. The lowest BCUT2D eigenvalue weighted by molar-refractivity contribution is -0.136. The molecule has 0 aromatic heterocycles. The first-order valence-corrected chi connectivity index (χ1v) is 8.69. The number of carboxylic acid groups (broad SMARTS) is 2. The molecule has 8 heteroatoms. The second-order valence-corrected chi connectivity index (χ2v) is 5.96. The number of hydrogen-bond acceptors (Lipinski definition) is 6. The van der Waals surface area contributed by atoms with Crippen LogP contribution in [0, 0.1) is 0 Å². The number of hydrogen-bond donors (Lipinski definition) is 2. The van der Waals surface area contributed by atoms with Gasteiger partial charge >= 0.3 is 11.9 Å². The Bertz CT molecular complexity index is 923. The van der Waals surface area contributed by atoms with Crippen molar-refractivity contribution in [3.63, 3.8) is 0 Å². The third-order valence-corrected chi connectivity index (χ3v) is 4.19. The van der Waals surface area contributed by atoms with E-state index in [2.05, 4.69) is 0 Å². The van der Waals surface area contributed by atoms with Crippen molar-refractivity contribution in [2.45, 2.75) is 0 Å².